The summed E-state index contributed by atoms with van der Waals surface area (Å²) in [6, 6.07) is 5.45. The Bertz CT molecular complexity index is 446. The van der Waals surface area contributed by atoms with Gasteiger partial charge in [-0.05, 0) is 44.2 Å². The number of nitrogens with zero attached hydrogens (tertiary/aromatic N) is 1. The van der Waals surface area contributed by atoms with Gasteiger partial charge in [0.05, 0.1) is 6.10 Å². The second-order valence-corrected chi connectivity index (χ2v) is 6.06. The second-order valence-electron chi connectivity index (χ2n) is 6.06. The Labute approximate surface area is 115 Å². The van der Waals surface area contributed by atoms with E-state index < -0.39 is 6.10 Å². The van der Waals surface area contributed by atoms with Crippen molar-refractivity contribution in [1.29, 1.82) is 0 Å². The fraction of sp³-hybridized carbons (Fsp3) is 0.625. The molecule has 106 valence electrons. The topological polar surface area (TPSA) is 23.5 Å². The standard InChI is InChI=1S/C16H24FNO/c1-10-8-11(2)12(3)18(9-10)15-7-5-6-14(17)16(15)13(4)19/h5-7,10-13,19H,8-9H2,1-4H3/t10?,11?,12?,13-/m0/s1. The summed E-state index contributed by atoms with van der Waals surface area (Å²) < 4.78 is 14.0. The molecule has 0 radical (unpaired) electrons. The minimum absolute atomic E-state index is 0.314. The highest BCUT2D eigenvalue weighted by Crippen LogP contribution is 2.36. The van der Waals surface area contributed by atoms with Gasteiger partial charge in [-0.1, -0.05) is 19.9 Å². The average molecular weight is 265 g/mol. The highest BCUT2D eigenvalue weighted by Gasteiger charge is 2.31. The number of piperidine rings is 1. The van der Waals surface area contributed by atoms with Crippen molar-refractivity contribution in [3.8, 4) is 0 Å². The molecule has 3 unspecified atom stereocenters. The summed E-state index contributed by atoms with van der Waals surface area (Å²) in [7, 11) is 0. The van der Waals surface area contributed by atoms with Gasteiger partial charge >= 0.3 is 0 Å². The van der Waals surface area contributed by atoms with Crippen LogP contribution in [0.2, 0.25) is 0 Å². The third-order valence-corrected chi connectivity index (χ3v) is 4.35. The Morgan fingerprint density at radius 1 is 1.32 bits per heavy atom. The third-order valence-electron chi connectivity index (χ3n) is 4.35. The molecule has 4 atom stereocenters. The molecule has 0 spiro atoms. The number of hydrogen-bond acceptors (Lipinski definition) is 2. The molecule has 0 aromatic heterocycles. The first-order valence-corrected chi connectivity index (χ1v) is 7.15. The van der Waals surface area contributed by atoms with Crippen LogP contribution in [0.1, 0.15) is 45.8 Å². The zero-order chi connectivity index (χ0) is 14.2. The number of benzene rings is 1. The van der Waals surface area contributed by atoms with E-state index in [4.69, 9.17) is 0 Å². The molecule has 0 amide bonds. The number of rotatable bonds is 2. The van der Waals surface area contributed by atoms with Crippen LogP contribution in [-0.4, -0.2) is 17.7 Å². The predicted octanol–water partition coefficient (Wildman–Crippen LogP) is 3.75. The van der Waals surface area contributed by atoms with Crippen LogP contribution in [-0.2, 0) is 0 Å². The van der Waals surface area contributed by atoms with Crippen molar-refractivity contribution < 1.29 is 9.50 Å². The maximum atomic E-state index is 14.0. The minimum Gasteiger partial charge on any atom is -0.389 e. The molecule has 19 heavy (non-hydrogen) atoms. The molecule has 1 fully saturated rings. The molecule has 2 rings (SSSR count). The van der Waals surface area contributed by atoms with Crippen LogP contribution in [0, 0.1) is 17.7 Å². The van der Waals surface area contributed by atoms with Crippen molar-refractivity contribution in [2.24, 2.45) is 11.8 Å². The summed E-state index contributed by atoms with van der Waals surface area (Å²) >= 11 is 0. The van der Waals surface area contributed by atoms with Crippen LogP contribution >= 0.6 is 0 Å². The summed E-state index contributed by atoms with van der Waals surface area (Å²) in [4.78, 5) is 2.25. The molecule has 1 aromatic carbocycles. The van der Waals surface area contributed by atoms with E-state index in [0.717, 1.165) is 12.2 Å². The first-order valence-electron chi connectivity index (χ1n) is 7.15. The van der Waals surface area contributed by atoms with E-state index in [9.17, 15) is 9.50 Å². The Balaban J connectivity index is 2.43. The maximum absolute atomic E-state index is 14.0. The van der Waals surface area contributed by atoms with Gasteiger partial charge < -0.3 is 10.0 Å². The SMILES string of the molecule is CC1CC(C)C(C)N(c2cccc(F)c2[C@H](C)O)C1. The average Bonchev–Trinajstić information content (AvgIpc) is 2.33. The Hall–Kier alpha value is -1.09. The first kappa shape index (κ1) is 14.3. The van der Waals surface area contributed by atoms with Crippen LogP contribution in [0.4, 0.5) is 10.1 Å². The number of hydrogen-bond donors (Lipinski definition) is 1. The van der Waals surface area contributed by atoms with Gasteiger partial charge in [-0.3, -0.25) is 0 Å². The lowest BCUT2D eigenvalue weighted by Crippen LogP contribution is -2.46. The van der Waals surface area contributed by atoms with Crippen molar-refractivity contribution >= 4 is 5.69 Å². The number of aliphatic hydroxyl groups excluding tert-OH is 1. The molecule has 0 saturated carbocycles. The molecule has 2 nitrogen and oxygen atoms in total. The van der Waals surface area contributed by atoms with Crippen molar-refractivity contribution in [3.63, 3.8) is 0 Å². The lowest BCUT2D eigenvalue weighted by atomic mass is 9.85. The normalized spacial score (nSPS) is 29.4. The minimum atomic E-state index is -0.782. The van der Waals surface area contributed by atoms with E-state index >= 15 is 0 Å². The van der Waals surface area contributed by atoms with Crippen LogP contribution in [0.15, 0.2) is 18.2 Å². The molecule has 1 N–H and O–H groups in total. The van der Waals surface area contributed by atoms with E-state index in [1.165, 1.54) is 12.5 Å². The fourth-order valence-electron chi connectivity index (χ4n) is 3.22. The number of anilines is 1. The third kappa shape index (κ3) is 2.76. The molecule has 1 aliphatic heterocycles. The fourth-order valence-corrected chi connectivity index (χ4v) is 3.22. The second kappa shape index (κ2) is 5.49. The van der Waals surface area contributed by atoms with Gasteiger partial charge in [0.25, 0.3) is 0 Å². The van der Waals surface area contributed by atoms with Crippen LogP contribution < -0.4 is 4.90 Å². The molecule has 0 bridgehead atoms. The van der Waals surface area contributed by atoms with Crippen LogP contribution in [0.5, 0.6) is 0 Å². The molecule has 1 saturated heterocycles. The van der Waals surface area contributed by atoms with E-state index in [2.05, 4.69) is 25.7 Å². The van der Waals surface area contributed by atoms with Gasteiger partial charge in [-0.2, -0.15) is 0 Å². The summed E-state index contributed by atoms with van der Waals surface area (Å²) in [5, 5.41) is 9.87. The Morgan fingerprint density at radius 2 is 2.00 bits per heavy atom. The smallest absolute Gasteiger partial charge is 0.131 e. The monoisotopic (exact) mass is 265 g/mol. The van der Waals surface area contributed by atoms with Crippen LogP contribution in [0.25, 0.3) is 0 Å². The zero-order valence-electron chi connectivity index (χ0n) is 12.2. The number of halogens is 1. The predicted molar refractivity (Wildman–Crippen MR) is 76.8 cm³/mol. The summed E-state index contributed by atoms with van der Waals surface area (Å²) in [5.41, 5.74) is 1.27. The van der Waals surface area contributed by atoms with E-state index in [0.29, 0.717) is 23.4 Å². The highest BCUT2D eigenvalue weighted by molar-refractivity contribution is 5.56. The quantitative estimate of drug-likeness (QED) is 0.880. The zero-order valence-corrected chi connectivity index (χ0v) is 12.2. The Kier molecular flexibility index (Phi) is 4.14. The van der Waals surface area contributed by atoms with E-state index in [1.54, 1.807) is 13.0 Å². The molecular formula is C16H24FNO. The van der Waals surface area contributed by atoms with Gasteiger partial charge in [-0.25, -0.2) is 4.39 Å². The van der Waals surface area contributed by atoms with Gasteiger partial charge in [0.2, 0.25) is 0 Å². The largest absolute Gasteiger partial charge is 0.389 e. The molecule has 1 aliphatic rings. The van der Waals surface area contributed by atoms with Gasteiger partial charge in [0.15, 0.2) is 0 Å². The summed E-state index contributed by atoms with van der Waals surface area (Å²) in [6.07, 6.45) is 0.424. The lowest BCUT2D eigenvalue weighted by molar-refractivity contribution is 0.193. The van der Waals surface area contributed by atoms with Crippen molar-refractivity contribution in [1.82, 2.24) is 0 Å². The molecular weight excluding hydrogens is 241 g/mol. The molecule has 3 heteroatoms. The van der Waals surface area contributed by atoms with Crippen LogP contribution in [0.3, 0.4) is 0 Å². The van der Waals surface area contributed by atoms with Gasteiger partial charge in [-0.15, -0.1) is 0 Å². The summed E-state index contributed by atoms with van der Waals surface area (Å²) in [5.74, 6) is 0.857. The summed E-state index contributed by atoms with van der Waals surface area (Å²) in [6.45, 7) is 9.22. The molecule has 0 aliphatic carbocycles. The lowest BCUT2D eigenvalue weighted by Gasteiger charge is -2.43. The first-order chi connectivity index (χ1) is 8.91. The molecule has 1 aromatic rings. The maximum Gasteiger partial charge on any atom is 0.131 e. The van der Waals surface area contributed by atoms with Crippen molar-refractivity contribution in [2.45, 2.75) is 46.3 Å². The van der Waals surface area contributed by atoms with E-state index in [1.807, 2.05) is 6.07 Å². The van der Waals surface area contributed by atoms with Gasteiger partial charge in [0, 0.05) is 23.8 Å². The molecule has 1 heterocycles. The number of aliphatic hydroxyl groups is 1. The van der Waals surface area contributed by atoms with Gasteiger partial charge in [0.1, 0.15) is 5.82 Å². The van der Waals surface area contributed by atoms with Crippen molar-refractivity contribution in [2.75, 3.05) is 11.4 Å². The highest BCUT2D eigenvalue weighted by atomic mass is 19.1. The Morgan fingerprint density at radius 3 is 2.63 bits per heavy atom. The van der Waals surface area contributed by atoms with E-state index in [-0.39, 0.29) is 5.82 Å². The van der Waals surface area contributed by atoms with Crippen molar-refractivity contribution in [3.05, 3.63) is 29.6 Å².